The first-order valence-corrected chi connectivity index (χ1v) is 6.18. The molecule has 1 saturated heterocycles. The summed E-state index contributed by atoms with van der Waals surface area (Å²) in [5.74, 6) is 1.73. The number of anilines is 1. The summed E-state index contributed by atoms with van der Waals surface area (Å²) in [4.78, 5) is 4.52. The second-order valence-corrected chi connectivity index (χ2v) is 5.01. The minimum Gasteiger partial charge on any atom is -0.358 e. The zero-order valence-corrected chi connectivity index (χ0v) is 9.10. The molecule has 2 unspecified atom stereocenters. The number of rotatable bonds is 3. The molecular formula is C10H15N3S. The van der Waals surface area contributed by atoms with E-state index in [9.17, 15) is 0 Å². The molecule has 0 bridgehead atoms. The lowest BCUT2D eigenvalue weighted by Crippen LogP contribution is -2.21. The predicted molar refractivity (Wildman–Crippen MR) is 58.8 cm³/mol. The number of nitrogens with zero attached hydrogens (tertiary/aromatic N) is 1. The molecule has 0 radical (unpaired) electrons. The molecule has 1 aliphatic carbocycles. The molecule has 1 aromatic rings. The number of hydrogen-bond donors (Lipinski definition) is 2. The topological polar surface area (TPSA) is 37.0 Å². The standard InChI is InChI=1S/C10H15N3S/c1-2-6-5-14-10(12-6)13-9-7-3-11-4-8(7)9/h5,7-9,11H,2-4H2,1H3,(H,12,13). The SMILES string of the molecule is CCc1csc(NC2C3CNCC32)n1. The van der Waals surface area contributed by atoms with Crippen LogP contribution < -0.4 is 10.6 Å². The number of hydrogen-bond acceptors (Lipinski definition) is 4. The average molecular weight is 209 g/mol. The minimum absolute atomic E-state index is 0.701. The lowest BCUT2D eigenvalue weighted by molar-refractivity contribution is 0.696. The Bertz CT molecular complexity index is 326. The summed E-state index contributed by atoms with van der Waals surface area (Å²) in [6.07, 6.45) is 1.04. The summed E-state index contributed by atoms with van der Waals surface area (Å²) in [5, 5.41) is 10.2. The van der Waals surface area contributed by atoms with Crippen LogP contribution in [0, 0.1) is 11.8 Å². The van der Waals surface area contributed by atoms with Crippen molar-refractivity contribution in [3.05, 3.63) is 11.1 Å². The van der Waals surface area contributed by atoms with E-state index >= 15 is 0 Å². The molecule has 0 amide bonds. The number of nitrogens with one attached hydrogen (secondary N) is 2. The summed E-state index contributed by atoms with van der Waals surface area (Å²) >= 11 is 1.74. The molecule has 2 atom stereocenters. The van der Waals surface area contributed by atoms with Crippen LogP contribution in [0.25, 0.3) is 0 Å². The molecule has 3 rings (SSSR count). The van der Waals surface area contributed by atoms with Crippen LogP contribution >= 0.6 is 11.3 Å². The molecule has 2 fully saturated rings. The Hall–Kier alpha value is -0.610. The third-order valence-electron chi connectivity index (χ3n) is 3.30. The monoisotopic (exact) mass is 209 g/mol. The van der Waals surface area contributed by atoms with E-state index in [4.69, 9.17) is 0 Å². The first kappa shape index (κ1) is 8.68. The van der Waals surface area contributed by atoms with Gasteiger partial charge in [0.15, 0.2) is 5.13 Å². The average Bonchev–Trinajstić information content (AvgIpc) is 2.64. The van der Waals surface area contributed by atoms with Crippen molar-refractivity contribution >= 4 is 16.5 Å². The van der Waals surface area contributed by atoms with Crippen molar-refractivity contribution in [1.29, 1.82) is 0 Å². The van der Waals surface area contributed by atoms with Crippen molar-refractivity contribution < 1.29 is 0 Å². The summed E-state index contributed by atoms with van der Waals surface area (Å²) in [7, 11) is 0. The molecule has 3 nitrogen and oxygen atoms in total. The smallest absolute Gasteiger partial charge is 0.183 e. The van der Waals surface area contributed by atoms with E-state index in [0.29, 0.717) is 6.04 Å². The van der Waals surface area contributed by atoms with Crippen LogP contribution in [0.4, 0.5) is 5.13 Å². The van der Waals surface area contributed by atoms with Crippen molar-refractivity contribution in [1.82, 2.24) is 10.3 Å². The lowest BCUT2D eigenvalue weighted by Gasteiger charge is -2.04. The highest BCUT2D eigenvalue weighted by molar-refractivity contribution is 7.13. The summed E-state index contributed by atoms with van der Waals surface area (Å²) in [6.45, 7) is 4.53. The van der Waals surface area contributed by atoms with Crippen LogP contribution in [0.3, 0.4) is 0 Å². The van der Waals surface area contributed by atoms with Crippen molar-refractivity contribution in [2.45, 2.75) is 19.4 Å². The first-order chi connectivity index (χ1) is 6.88. The molecule has 1 saturated carbocycles. The molecule has 1 aliphatic heterocycles. The Morgan fingerprint density at radius 3 is 3.00 bits per heavy atom. The number of thiazole rings is 1. The molecule has 4 heteroatoms. The van der Waals surface area contributed by atoms with Gasteiger partial charge in [-0.25, -0.2) is 4.98 Å². The van der Waals surface area contributed by atoms with E-state index in [-0.39, 0.29) is 0 Å². The molecule has 2 heterocycles. The maximum absolute atomic E-state index is 4.52. The van der Waals surface area contributed by atoms with E-state index < -0.39 is 0 Å². The second kappa shape index (κ2) is 3.21. The van der Waals surface area contributed by atoms with E-state index in [2.05, 4.69) is 27.9 Å². The summed E-state index contributed by atoms with van der Waals surface area (Å²) in [6, 6.07) is 0.701. The lowest BCUT2D eigenvalue weighted by atomic mass is 10.4. The maximum Gasteiger partial charge on any atom is 0.183 e. The predicted octanol–water partition coefficient (Wildman–Crippen LogP) is 1.34. The highest BCUT2D eigenvalue weighted by Crippen LogP contribution is 2.43. The highest BCUT2D eigenvalue weighted by Gasteiger charge is 2.53. The normalized spacial score (nSPS) is 34.2. The largest absolute Gasteiger partial charge is 0.358 e. The number of aromatic nitrogens is 1. The van der Waals surface area contributed by atoms with Gasteiger partial charge in [0.05, 0.1) is 5.69 Å². The third-order valence-corrected chi connectivity index (χ3v) is 4.12. The van der Waals surface area contributed by atoms with Crippen molar-refractivity contribution in [3.63, 3.8) is 0 Å². The maximum atomic E-state index is 4.52. The van der Waals surface area contributed by atoms with Gasteiger partial charge >= 0.3 is 0 Å². The van der Waals surface area contributed by atoms with Gasteiger partial charge in [-0.05, 0) is 18.3 Å². The van der Waals surface area contributed by atoms with Crippen LogP contribution in [0.1, 0.15) is 12.6 Å². The van der Waals surface area contributed by atoms with Gasteiger partial charge in [-0.15, -0.1) is 11.3 Å². The van der Waals surface area contributed by atoms with E-state index in [0.717, 1.165) is 23.4 Å². The van der Waals surface area contributed by atoms with Crippen LogP contribution in [0.15, 0.2) is 5.38 Å². The van der Waals surface area contributed by atoms with Gasteiger partial charge in [0, 0.05) is 24.5 Å². The molecule has 14 heavy (non-hydrogen) atoms. The fraction of sp³-hybridized carbons (Fsp3) is 0.700. The Kier molecular flexibility index (Phi) is 1.99. The number of fused-ring (bicyclic) bond motifs is 1. The fourth-order valence-electron chi connectivity index (χ4n) is 2.31. The second-order valence-electron chi connectivity index (χ2n) is 4.15. The van der Waals surface area contributed by atoms with Crippen LogP contribution in [-0.4, -0.2) is 24.1 Å². The molecular weight excluding hydrogens is 194 g/mol. The molecule has 76 valence electrons. The highest BCUT2D eigenvalue weighted by atomic mass is 32.1. The zero-order chi connectivity index (χ0) is 9.54. The van der Waals surface area contributed by atoms with Gasteiger partial charge in [-0.1, -0.05) is 6.92 Å². The van der Waals surface area contributed by atoms with Gasteiger partial charge in [0.1, 0.15) is 0 Å². The van der Waals surface area contributed by atoms with Gasteiger partial charge in [0.25, 0.3) is 0 Å². The van der Waals surface area contributed by atoms with Crippen LogP contribution in [0.5, 0.6) is 0 Å². The Morgan fingerprint density at radius 1 is 1.57 bits per heavy atom. The van der Waals surface area contributed by atoms with Crippen molar-refractivity contribution in [2.24, 2.45) is 11.8 Å². The van der Waals surface area contributed by atoms with E-state index in [1.165, 1.54) is 18.8 Å². The van der Waals surface area contributed by atoms with Crippen molar-refractivity contribution in [3.8, 4) is 0 Å². The molecule has 2 N–H and O–H groups in total. The minimum atomic E-state index is 0.701. The molecule has 2 aliphatic rings. The van der Waals surface area contributed by atoms with E-state index in [1.54, 1.807) is 11.3 Å². The Labute approximate surface area is 87.9 Å². The molecule has 0 spiro atoms. The van der Waals surface area contributed by atoms with Crippen molar-refractivity contribution in [2.75, 3.05) is 18.4 Å². The Balaban J connectivity index is 1.62. The van der Waals surface area contributed by atoms with Gasteiger partial charge in [-0.2, -0.15) is 0 Å². The summed E-state index contributed by atoms with van der Waals surface area (Å²) < 4.78 is 0. The summed E-state index contributed by atoms with van der Waals surface area (Å²) in [5.41, 5.74) is 1.21. The van der Waals surface area contributed by atoms with Crippen LogP contribution in [-0.2, 0) is 6.42 Å². The Morgan fingerprint density at radius 2 is 2.36 bits per heavy atom. The zero-order valence-electron chi connectivity index (χ0n) is 8.29. The molecule has 1 aromatic heterocycles. The van der Waals surface area contributed by atoms with Crippen LogP contribution in [0.2, 0.25) is 0 Å². The van der Waals surface area contributed by atoms with Gasteiger partial charge in [0.2, 0.25) is 0 Å². The molecule has 0 aromatic carbocycles. The quantitative estimate of drug-likeness (QED) is 0.788. The number of piperidine rings is 1. The van der Waals surface area contributed by atoms with Gasteiger partial charge < -0.3 is 10.6 Å². The first-order valence-electron chi connectivity index (χ1n) is 5.30. The van der Waals surface area contributed by atoms with E-state index in [1.807, 2.05) is 0 Å². The van der Waals surface area contributed by atoms with Gasteiger partial charge in [-0.3, -0.25) is 0 Å². The number of aryl methyl sites for hydroxylation is 1. The third kappa shape index (κ3) is 1.33. The fourth-order valence-corrected chi connectivity index (χ4v) is 3.15.